The van der Waals surface area contributed by atoms with Crippen molar-refractivity contribution in [2.75, 3.05) is 20.1 Å². The Balaban J connectivity index is 3.83. The summed E-state index contributed by atoms with van der Waals surface area (Å²) in [6.45, 7) is 2.85. The first-order valence-electron chi connectivity index (χ1n) is 6.15. The molecule has 2 amide bonds. The maximum Gasteiger partial charge on any atom is 0.317 e. The van der Waals surface area contributed by atoms with Gasteiger partial charge in [0.25, 0.3) is 0 Å². The first-order chi connectivity index (χ1) is 8.51. The van der Waals surface area contributed by atoms with Crippen LogP contribution in [0.4, 0.5) is 4.79 Å². The standard InChI is InChI=1S/C13H22N2O3/c1-4-10-15(3)13(18)14-9-8-11(5-2)6-7-12(16)17/h1,11H,5-10H2,2-3H3,(H,14,18)(H,16,17). The number of aliphatic carboxylic acids is 1. The highest BCUT2D eigenvalue weighted by Gasteiger charge is 2.10. The molecule has 0 spiro atoms. The topological polar surface area (TPSA) is 69.6 Å². The van der Waals surface area contributed by atoms with Crippen LogP contribution >= 0.6 is 0 Å². The number of carbonyl (C=O) groups is 2. The Morgan fingerprint density at radius 2 is 2.11 bits per heavy atom. The summed E-state index contributed by atoms with van der Waals surface area (Å²) in [7, 11) is 1.64. The van der Waals surface area contributed by atoms with Crippen molar-refractivity contribution < 1.29 is 14.7 Å². The second kappa shape index (κ2) is 9.34. The molecule has 1 unspecified atom stereocenters. The van der Waals surface area contributed by atoms with Crippen molar-refractivity contribution in [3.8, 4) is 12.3 Å². The zero-order chi connectivity index (χ0) is 14.0. The van der Waals surface area contributed by atoms with Crippen molar-refractivity contribution in [1.29, 1.82) is 0 Å². The van der Waals surface area contributed by atoms with E-state index in [1.807, 2.05) is 6.92 Å². The number of amides is 2. The number of nitrogens with zero attached hydrogens (tertiary/aromatic N) is 1. The van der Waals surface area contributed by atoms with Gasteiger partial charge in [-0.3, -0.25) is 4.79 Å². The highest BCUT2D eigenvalue weighted by Crippen LogP contribution is 2.14. The third kappa shape index (κ3) is 7.55. The molecular formula is C13H22N2O3. The number of hydrogen-bond donors (Lipinski definition) is 2. The van der Waals surface area contributed by atoms with E-state index < -0.39 is 5.97 Å². The molecule has 5 nitrogen and oxygen atoms in total. The van der Waals surface area contributed by atoms with E-state index in [-0.39, 0.29) is 19.0 Å². The number of rotatable bonds is 8. The van der Waals surface area contributed by atoms with Crippen LogP contribution < -0.4 is 5.32 Å². The zero-order valence-electron chi connectivity index (χ0n) is 11.1. The summed E-state index contributed by atoms with van der Waals surface area (Å²) >= 11 is 0. The number of terminal acetylenes is 1. The third-order valence-corrected chi connectivity index (χ3v) is 2.85. The summed E-state index contributed by atoms with van der Waals surface area (Å²) in [6.07, 6.45) is 7.66. The van der Waals surface area contributed by atoms with Gasteiger partial charge in [-0.05, 0) is 18.8 Å². The maximum atomic E-state index is 11.5. The average Bonchev–Trinajstić information content (AvgIpc) is 2.33. The zero-order valence-corrected chi connectivity index (χ0v) is 11.1. The molecule has 0 heterocycles. The van der Waals surface area contributed by atoms with E-state index in [2.05, 4.69) is 11.2 Å². The highest BCUT2D eigenvalue weighted by molar-refractivity contribution is 5.74. The lowest BCUT2D eigenvalue weighted by molar-refractivity contribution is -0.137. The summed E-state index contributed by atoms with van der Waals surface area (Å²) in [5, 5.41) is 11.4. The minimum absolute atomic E-state index is 0.184. The fourth-order valence-corrected chi connectivity index (χ4v) is 1.61. The minimum Gasteiger partial charge on any atom is -0.481 e. The van der Waals surface area contributed by atoms with E-state index in [0.717, 1.165) is 12.8 Å². The maximum absolute atomic E-state index is 11.5. The first-order valence-corrected chi connectivity index (χ1v) is 6.15. The van der Waals surface area contributed by atoms with Crippen LogP contribution in [-0.4, -0.2) is 42.1 Å². The largest absolute Gasteiger partial charge is 0.481 e. The van der Waals surface area contributed by atoms with Crippen LogP contribution in [-0.2, 0) is 4.79 Å². The molecule has 0 aromatic heterocycles. The normalized spacial score (nSPS) is 11.4. The van der Waals surface area contributed by atoms with Gasteiger partial charge in [0.15, 0.2) is 0 Å². The molecule has 0 fully saturated rings. The molecule has 0 rings (SSSR count). The molecule has 102 valence electrons. The van der Waals surface area contributed by atoms with Crippen LogP contribution in [0, 0.1) is 18.3 Å². The van der Waals surface area contributed by atoms with Crippen molar-refractivity contribution in [3.63, 3.8) is 0 Å². The van der Waals surface area contributed by atoms with Crippen LogP contribution in [0.3, 0.4) is 0 Å². The second-order valence-corrected chi connectivity index (χ2v) is 4.29. The van der Waals surface area contributed by atoms with Crippen LogP contribution in [0.1, 0.15) is 32.6 Å². The lowest BCUT2D eigenvalue weighted by Crippen LogP contribution is -2.38. The molecule has 0 bridgehead atoms. The van der Waals surface area contributed by atoms with E-state index >= 15 is 0 Å². The summed E-state index contributed by atoms with van der Waals surface area (Å²) in [6, 6.07) is -0.193. The number of nitrogens with one attached hydrogen (secondary N) is 1. The van der Waals surface area contributed by atoms with Crippen LogP contribution in [0.2, 0.25) is 0 Å². The fourth-order valence-electron chi connectivity index (χ4n) is 1.61. The smallest absolute Gasteiger partial charge is 0.317 e. The van der Waals surface area contributed by atoms with Crippen LogP contribution in [0.15, 0.2) is 0 Å². The number of hydrogen-bond acceptors (Lipinski definition) is 2. The lowest BCUT2D eigenvalue weighted by atomic mass is 9.97. The summed E-state index contributed by atoms with van der Waals surface area (Å²) in [4.78, 5) is 23.4. The quantitative estimate of drug-likeness (QED) is 0.646. The van der Waals surface area contributed by atoms with E-state index in [4.69, 9.17) is 11.5 Å². The summed E-state index contributed by atoms with van der Waals surface area (Å²) < 4.78 is 0. The number of carboxylic acids is 1. The van der Waals surface area contributed by atoms with Crippen molar-refractivity contribution in [3.05, 3.63) is 0 Å². The molecular weight excluding hydrogens is 232 g/mol. The van der Waals surface area contributed by atoms with Gasteiger partial charge in [0.05, 0.1) is 6.54 Å². The Labute approximate surface area is 109 Å². The van der Waals surface area contributed by atoms with Crippen molar-refractivity contribution >= 4 is 12.0 Å². The second-order valence-electron chi connectivity index (χ2n) is 4.29. The van der Waals surface area contributed by atoms with Crippen LogP contribution in [0.25, 0.3) is 0 Å². The molecule has 0 saturated heterocycles. The van der Waals surface area contributed by atoms with E-state index in [0.29, 0.717) is 18.9 Å². The average molecular weight is 254 g/mol. The Morgan fingerprint density at radius 1 is 1.44 bits per heavy atom. The van der Waals surface area contributed by atoms with Crippen LogP contribution in [0.5, 0.6) is 0 Å². The fraction of sp³-hybridized carbons (Fsp3) is 0.692. The number of carboxylic acid groups (broad SMARTS) is 1. The molecule has 0 radical (unpaired) electrons. The molecule has 0 aromatic carbocycles. The molecule has 0 aliphatic heterocycles. The van der Waals surface area contributed by atoms with Crippen molar-refractivity contribution in [2.45, 2.75) is 32.6 Å². The molecule has 0 aromatic rings. The van der Waals surface area contributed by atoms with Gasteiger partial charge in [0.1, 0.15) is 0 Å². The molecule has 0 aliphatic rings. The van der Waals surface area contributed by atoms with Gasteiger partial charge in [0, 0.05) is 20.0 Å². The number of urea groups is 1. The van der Waals surface area contributed by atoms with Gasteiger partial charge in [0.2, 0.25) is 0 Å². The Hall–Kier alpha value is -1.70. The molecule has 0 aliphatic carbocycles. The monoisotopic (exact) mass is 254 g/mol. The molecule has 5 heteroatoms. The van der Waals surface area contributed by atoms with Gasteiger partial charge in [-0.15, -0.1) is 6.42 Å². The molecule has 1 atom stereocenters. The highest BCUT2D eigenvalue weighted by atomic mass is 16.4. The Morgan fingerprint density at radius 3 is 2.61 bits per heavy atom. The van der Waals surface area contributed by atoms with Gasteiger partial charge in [-0.25, -0.2) is 4.79 Å². The van der Waals surface area contributed by atoms with Crippen molar-refractivity contribution in [2.24, 2.45) is 5.92 Å². The van der Waals surface area contributed by atoms with E-state index in [1.165, 1.54) is 4.90 Å². The van der Waals surface area contributed by atoms with Gasteiger partial charge >= 0.3 is 12.0 Å². The Bertz CT molecular complexity index is 310. The minimum atomic E-state index is -0.772. The third-order valence-electron chi connectivity index (χ3n) is 2.85. The van der Waals surface area contributed by atoms with Gasteiger partial charge < -0.3 is 15.3 Å². The van der Waals surface area contributed by atoms with E-state index in [9.17, 15) is 9.59 Å². The number of carbonyl (C=O) groups excluding carboxylic acids is 1. The van der Waals surface area contributed by atoms with Gasteiger partial charge in [-0.1, -0.05) is 19.3 Å². The predicted octanol–water partition coefficient (Wildman–Crippen LogP) is 1.54. The Kier molecular flexibility index (Phi) is 8.46. The lowest BCUT2D eigenvalue weighted by Gasteiger charge is -2.17. The molecule has 0 saturated carbocycles. The summed E-state index contributed by atoms with van der Waals surface area (Å²) in [5.74, 6) is 1.95. The van der Waals surface area contributed by atoms with Crippen molar-refractivity contribution in [1.82, 2.24) is 10.2 Å². The molecule has 2 N–H and O–H groups in total. The molecule has 18 heavy (non-hydrogen) atoms. The SMILES string of the molecule is C#CCN(C)C(=O)NCCC(CC)CCC(=O)O. The van der Waals surface area contributed by atoms with Gasteiger partial charge in [-0.2, -0.15) is 0 Å². The van der Waals surface area contributed by atoms with E-state index in [1.54, 1.807) is 7.05 Å². The summed E-state index contributed by atoms with van der Waals surface area (Å²) in [5.41, 5.74) is 0. The first kappa shape index (κ1) is 16.3. The predicted molar refractivity (Wildman–Crippen MR) is 70.1 cm³/mol.